The second kappa shape index (κ2) is 5.59. The maximum atomic E-state index is 13.7. The van der Waals surface area contributed by atoms with E-state index in [0.717, 1.165) is 0 Å². The van der Waals surface area contributed by atoms with Crippen LogP contribution in [0.1, 0.15) is 27.2 Å². The number of halogens is 1. The van der Waals surface area contributed by atoms with Crippen LogP contribution in [0.3, 0.4) is 0 Å². The lowest BCUT2D eigenvalue weighted by Gasteiger charge is -2.35. The summed E-state index contributed by atoms with van der Waals surface area (Å²) in [7, 11) is 0. The van der Waals surface area contributed by atoms with Gasteiger partial charge in [0.05, 0.1) is 18.8 Å². The van der Waals surface area contributed by atoms with Gasteiger partial charge in [0.15, 0.2) is 0 Å². The minimum absolute atomic E-state index is 0.0118. The summed E-state index contributed by atoms with van der Waals surface area (Å²) in [4.78, 5) is 12.8. The topological polar surface area (TPSA) is 49.8 Å². The minimum atomic E-state index is -1.17. The van der Waals surface area contributed by atoms with Crippen LogP contribution in [0, 0.1) is 0 Å². The first-order valence-corrected chi connectivity index (χ1v) is 5.68. The molecule has 1 saturated heterocycles. The highest BCUT2D eigenvalue weighted by Crippen LogP contribution is 2.19. The Balaban J connectivity index is 2.48. The quantitative estimate of drug-likeness (QED) is 0.782. The molecule has 0 saturated carbocycles. The van der Waals surface area contributed by atoms with Crippen molar-refractivity contribution in [3.8, 4) is 0 Å². The van der Waals surface area contributed by atoms with Crippen molar-refractivity contribution in [2.24, 2.45) is 0 Å². The number of hydrogen-bond donors (Lipinski definition) is 1. The molecule has 0 aromatic rings. The fraction of sp³-hybridized carbons (Fsp3) is 0.909. The van der Waals surface area contributed by atoms with Crippen molar-refractivity contribution in [1.82, 2.24) is 4.90 Å². The number of hydrogen-bond acceptors (Lipinski definition) is 3. The molecule has 0 aliphatic carbocycles. The normalized spacial score (nSPS) is 28.2. The molecule has 0 aromatic heterocycles. The Morgan fingerprint density at radius 1 is 1.50 bits per heavy atom. The number of piperidine rings is 1. The predicted octanol–water partition coefficient (Wildman–Crippen LogP) is 0.731. The highest BCUT2D eigenvalue weighted by molar-refractivity contribution is 5.80. The molecular formula is C11H20FNO3. The lowest BCUT2D eigenvalue weighted by molar-refractivity contribution is -0.146. The number of likely N-dealkylation sites (tertiary alicyclic amines) is 1. The van der Waals surface area contributed by atoms with E-state index in [2.05, 4.69) is 0 Å². The van der Waals surface area contributed by atoms with Crippen LogP contribution in [0.2, 0.25) is 0 Å². The molecule has 0 radical (unpaired) electrons. The van der Waals surface area contributed by atoms with Crippen molar-refractivity contribution in [2.45, 2.75) is 51.7 Å². The number of ether oxygens (including phenoxy) is 1. The number of nitrogens with zero attached hydrogens (tertiary/aromatic N) is 1. The van der Waals surface area contributed by atoms with Gasteiger partial charge in [0, 0.05) is 6.54 Å². The van der Waals surface area contributed by atoms with Crippen LogP contribution in [0.25, 0.3) is 0 Å². The van der Waals surface area contributed by atoms with Crippen molar-refractivity contribution >= 4 is 5.91 Å². The standard InChI is InChI=1S/C11H20FNO3/c1-7(2)16-10-4-5-13(6-9(10)12)11(15)8(3)14/h7-10,14H,4-6H2,1-3H3/t8-,9+,10+/m1/s1. The molecule has 1 N–H and O–H groups in total. The van der Waals surface area contributed by atoms with E-state index in [1.807, 2.05) is 13.8 Å². The van der Waals surface area contributed by atoms with Gasteiger partial charge in [0.25, 0.3) is 5.91 Å². The van der Waals surface area contributed by atoms with Crippen molar-refractivity contribution in [1.29, 1.82) is 0 Å². The van der Waals surface area contributed by atoms with Gasteiger partial charge < -0.3 is 14.7 Å². The highest BCUT2D eigenvalue weighted by Gasteiger charge is 2.33. The number of carbonyl (C=O) groups is 1. The molecule has 16 heavy (non-hydrogen) atoms. The monoisotopic (exact) mass is 233 g/mol. The third kappa shape index (κ3) is 3.42. The molecule has 1 aliphatic heterocycles. The summed E-state index contributed by atoms with van der Waals surface area (Å²) in [6, 6.07) is 0. The molecule has 1 amide bonds. The molecule has 0 spiro atoms. The predicted molar refractivity (Wildman–Crippen MR) is 57.8 cm³/mol. The second-order valence-electron chi connectivity index (χ2n) is 4.49. The van der Waals surface area contributed by atoms with Crippen LogP contribution in [0.4, 0.5) is 4.39 Å². The Bertz CT molecular complexity index is 245. The van der Waals surface area contributed by atoms with E-state index in [-0.39, 0.29) is 12.6 Å². The molecule has 0 bridgehead atoms. The smallest absolute Gasteiger partial charge is 0.251 e. The van der Waals surface area contributed by atoms with Crippen LogP contribution in [-0.2, 0) is 9.53 Å². The van der Waals surface area contributed by atoms with Crippen LogP contribution < -0.4 is 0 Å². The van der Waals surface area contributed by atoms with Crippen molar-refractivity contribution in [2.75, 3.05) is 13.1 Å². The highest BCUT2D eigenvalue weighted by atomic mass is 19.1. The van der Waals surface area contributed by atoms with E-state index >= 15 is 0 Å². The fourth-order valence-corrected chi connectivity index (χ4v) is 1.85. The van der Waals surface area contributed by atoms with E-state index in [0.29, 0.717) is 13.0 Å². The Labute approximate surface area is 95.4 Å². The molecule has 3 atom stereocenters. The van der Waals surface area contributed by atoms with Crippen LogP contribution >= 0.6 is 0 Å². The number of amides is 1. The zero-order valence-corrected chi connectivity index (χ0v) is 10.0. The van der Waals surface area contributed by atoms with Gasteiger partial charge in [-0.3, -0.25) is 4.79 Å². The Morgan fingerprint density at radius 3 is 2.56 bits per heavy atom. The summed E-state index contributed by atoms with van der Waals surface area (Å²) >= 11 is 0. The Morgan fingerprint density at radius 2 is 2.12 bits per heavy atom. The van der Waals surface area contributed by atoms with Gasteiger partial charge in [0.2, 0.25) is 0 Å². The van der Waals surface area contributed by atoms with E-state index < -0.39 is 24.3 Å². The summed E-state index contributed by atoms with van der Waals surface area (Å²) in [6.45, 7) is 5.58. The molecule has 5 heteroatoms. The zero-order chi connectivity index (χ0) is 12.3. The minimum Gasteiger partial charge on any atom is -0.384 e. The van der Waals surface area contributed by atoms with E-state index in [1.54, 1.807) is 0 Å². The van der Waals surface area contributed by atoms with Gasteiger partial charge in [0.1, 0.15) is 12.3 Å². The first-order valence-electron chi connectivity index (χ1n) is 5.68. The van der Waals surface area contributed by atoms with Crippen molar-refractivity contribution in [3.05, 3.63) is 0 Å². The van der Waals surface area contributed by atoms with E-state index in [1.165, 1.54) is 11.8 Å². The van der Waals surface area contributed by atoms with Crippen LogP contribution in [0.5, 0.6) is 0 Å². The Kier molecular flexibility index (Phi) is 4.68. The third-order valence-corrected chi connectivity index (χ3v) is 2.60. The van der Waals surface area contributed by atoms with Crippen molar-refractivity contribution < 1.29 is 19.0 Å². The van der Waals surface area contributed by atoms with Gasteiger partial charge in [-0.2, -0.15) is 0 Å². The lowest BCUT2D eigenvalue weighted by atomic mass is 10.1. The maximum absolute atomic E-state index is 13.7. The van der Waals surface area contributed by atoms with Crippen LogP contribution in [-0.4, -0.2) is 53.5 Å². The molecule has 0 unspecified atom stereocenters. The average molecular weight is 233 g/mol. The summed E-state index contributed by atoms with van der Waals surface area (Å²) < 4.78 is 19.1. The SMILES string of the molecule is CC(C)O[C@H]1CCN(C(=O)[C@@H](C)O)C[C@@H]1F. The van der Waals surface area contributed by atoms with Gasteiger partial charge in [-0.25, -0.2) is 4.39 Å². The third-order valence-electron chi connectivity index (χ3n) is 2.60. The zero-order valence-electron chi connectivity index (χ0n) is 10.0. The van der Waals surface area contributed by atoms with E-state index in [4.69, 9.17) is 9.84 Å². The molecule has 0 aromatic carbocycles. The number of alkyl halides is 1. The fourth-order valence-electron chi connectivity index (χ4n) is 1.85. The summed E-state index contributed by atoms with van der Waals surface area (Å²) in [6.07, 6.45) is -2.19. The lowest BCUT2D eigenvalue weighted by Crippen LogP contribution is -2.51. The molecular weight excluding hydrogens is 213 g/mol. The molecule has 1 aliphatic rings. The molecule has 1 heterocycles. The molecule has 1 rings (SSSR count). The van der Waals surface area contributed by atoms with Crippen LogP contribution in [0.15, 0.2) is 0 Å². The first-order chi connectivity index (χ1) is 7.41. The molecule has 1 fully saturated rings. The number of aliphatic hydroxyl groups excluding tert-OH is 1. The van der Waals surface area contributed by atoms with Gasteiger partial charge in [-0.05, 0) is 27.2 Å². The average Bonchev–Trinajstić information content (AvgIpc) is 2.19. The second-order valence-corrected chi connectivity index (χ2v) is 4.49. The molecule has 94 valence electrons. The summed E-state index contributed by atoms with van der Waals surface area (Å²) in [5.74, 6) is -0.411. The number of carbonyl (C=O) groups excluding carboxylic acids is 1. The maximum Gasteiger partial charge on any atom is 0.251 e. The molecule has 4 nitrogen and oxygen atoms in total. The van der Waals surface area contributed by atoms with Gasteiger partial charge in [-0.15, -0.1) is 0 Å². The van der Waals surface area contributed by atoms with E-state index in [9.17, 15) is 9.18 Å². The van der Waals surface area contributed by atoms with Gasteiger partial charge in [-0.1, -0.05) is 0 Å². The number of aliphatic hydroxyl groups is 1. The van der Waals surface area contributed by atoms with Gasteiger partial charge >= 0.3 is 0 Å². The first kappa shape index (κ1) is 13.4. The number of rotatable bonds is 3. The Hall–Kier alpha value is -0.680. The summed E-state index contributed by atoms with van der Waals surface area (Å²) in [5, 5.41) is 9.13. The summed E-state index contributed by atoms with van der Waals surface area (Å²) in [5.41, 5.74) is 0. The van der Waals surface area contributed by atoms with Crippen molar-refractivity contribution in [3.63, 3.8) is 0 Å². The largest absolute Gasteiger partial charge is 0.384 e.